The van der Waals surface area contributed by atoms with E-state index in [-0.39, 0.29) is 18.5 Å². The molecule has 6 heteroatoms. The van der Waals surface area contributed by atoms with E-state index in [1.807, 2.05) is 0 Å². The number of fused-ring (bicyclic) bond motifs is 2. The van der Waals surface area contributed by atoms with Gasteiger partial charge in [0, 0.05) is 29.2 Å². The van der Waals surface area contributed by atoms with Crippen LogP contribution in [0, 0.1) is 0 Å². The molecule has 0 radical (unpaired) electrons. The second-order valence-electron chi connectivity index (χ2n) is 5.16. The van der Waals surface area contributed by atoms with Crippen molar-refractivity contribution in [1.82, 2.24) is 9.97 Å². The van der Waals surface area contributed by atoms with Gasteiger partial charge in [0.1, 0.15) is 6.61 Å². The van der Waals surface area contributed by atoms with Crippen molar-refractivity contribution in [3.63, 3.8) is 0 Å². The van der Waals surface area contributed by atoms with Crippen molar-refractivity contribution < 1.29 is 14.3 Å². The first-order valence-electron chi connectivity index (χ1n) is 7.03. The molecule has 0 atom stereocenters. The SMILES string of the molecule is O=C(Nc1ccc2c(c1)COC2=O)c1ccc2nccnc2c1. The number of hydrogen-bond acceptors (Lipinski definition) is 5. The van der Waals surface area contributed by atoms with Gasteiger partial charge in [-0.25, -0.2) is 4.79 Å². The van der Waals surface area contributed by atoms with Crippen LogP contribution in [0.3, 0.4) is 0 Å². The van der Waals surface area contributed by atoms with E-state index in [0.717, 1.165) is 11.1 Å². The van der Waals surface area contributed by atoms with Gasteiger partial charge in [-0.3, -0.25) is 14.8 Å². The van der Waals surface area contributed by atoms with Crippen LogP contribution in [0.1, 0.15) is 26.3 Å². The van der Waals surface area contributed by atoms with Crippen LogP contribution in [0.25, 0.3) is 11.0 Å². The molecule has 2 heterocycles. The normalized spacial score (nSPS) is 12.8. The van der Waals surface area contributed by atoms with Crippen LogP contribution in [0.4, 0.5) is 5.69 Å². The summed E-state index contributed by atoms with van der Waals surface area (Å²) in [6.45, 7) is 0.240. The summed E-state index contributed by atoms with van der Waals surface area (Å²) in [6.07, 6.45) is 3.19. The van der Waals surface area contributed by atoms with Crippen molar-refractivity contribution >= 4 is 28.6 Å². The molecule has 6 nitrogen and oxygen atoms in total. The number of ether oxygens (including phenoxy) is 1. The first-order chi connectivity index (χ1) is 11.2. The Morgan fingerprint density at radius 2 is 1.87 bits per heavy atom. The van der Waals surface area contributed by atoms with E-state index in [2.05, 4.69) is 15.3 Å². The zero-order valence-corrected chi connectivity index (χ0v) is 11.9. The predicted octanol–water partition coefficient (Wildman–Crippen LogP) is 2.55. The first kappa shape index (κ1) is 13.4. The van der Waals surface area contributed by atoms with Crippen LogP contribution < -0.4 is 5.32 Å². The lowest BCUT2D eigenvalue weighted by Crippen LogP contribution is -2.12. The van der Waals surface area contributed by atoms with Gasteiger partial charge in [-0.05, 0) is 36.4 Å². The summed E-state index contributed by atoms with van der Waals surface area (Å²) in [4.78, 5) is 32.1. The van der Waals surface area contributed by atoms with Crippen LogP contribution >= 0.6 is 0 Å². The monoisotopic (exact) mass is 305 g/mol. The maximum atomic E-state index is 12.4. The third-order valence-corrected chi connectivity index (χ3v) is 3.67. The number of nitrogens with one attached hydrogen (secondary N) is 1. The van der Waals surface area contributed by atoms with Gasteiger partial charge >= 0.3 is 5.97 Å². The molecule has 0 saturated heterocycles. The van der Waals surface area contributed by atoms with Gasteiger partial charge in [0.05, 0.1) is 16.6 Å². The standard InChI is InChI=1S/C17H11N3O3/c21-16(10-1-4-14-15(8-10)19-6-5-18-14)20-12-2-3-13-11(7-12)9-23-17(13)22/h1-8H,9H2,(H,20,21). The van der Waals surface area contributed by atoms with Gasteiger partial charge in [-0.1, -0.05) is 0 Å². The minimum absolute atomic E-state index is 0.240. The van der Waals surface area contributed by atoms with E-state index in [1.54, 1.807) is 48.8 Å². The average Bonchev–Trinajstić information content (AvgIpc) is 2.95. The van der Waals surface area contributed by atoms with Crippen LogP contribution in [-0.4, -0.2) is 21.8 Å². The topological polar surface area (TPSA) is 81.2 Å². The molecule has 0 aliphatic carbocycles. The molecular formula is C17H11N3O3. The van der Waals surface area contributed by atoms with Crippen LogP contribution in [0.15, 0.2) is 48.8 Å². The fraction of sp³-hybridized carbons (Fsp3) is 0.0588. The molecule has 1 aliphatic heterocycles. The quantitative estimate of drug-likeness (QED) is 0.736. The number of carbonyl (C=O) groups is 2. The van der Waals surface area contributed by atoms with Gasteiger partial charge in [0.25, 0.3) is 5.91 Å². The summed E-state index contributed by atoms with van der Waals surface area (Å²) < 4.78 is 4.95. The number of amides is 1. The molecule has 4 rings (SSSR count). The molecule has 23 heavy (non-hydrogen) atoms. The number of cyclic esters (lactones) is 1. The average molecular weight is 305 g/mol. The van der Waals surface area contributed by atoms with E-state index in [1.165, 1.54) is 0 Å². The fourth-order valence-electron chi connectivity index (χ4n) is 2.52. The van der Waals surface area contributed by atoms with E-state index < -0.39 is 0 Å². The molecule has 0 spiro atoms. The summed E-state index contributed by atoms with van der Waals surface area (Å²) in [7, 11) is 0. The maximum Gasteiger partial charge on any atom is 0.338 e. The third kappa shape index (κ3) is 2.40. The molecule has 1 amide bonds. The van der Waals surface area contributed by atoms with Crippen LogP contribution in [-0.2, 0) is 11.3 Å². The van der Waals surface area contributed by atoms with Crippen molar-refractivity contribution in [2.75, 3.05) is 5.32 Å². The highest BCUT2D eigenvalue weighted by molar-refractivity contribution is 6.06. The van der Waals surface area contributed by atoms with Crippen LogP contribution in [0.5, 0.6) is 0 Å². The predicted molar refractivity (Wildman–Crippen MR) is 83.1 cm³/mol. The molecular weight excluding hydrogens is 294 g/mol. The number of esters is 1. The molecule has 2 aromatic carbocycles. The highest BCUT2D eigenvalue weighted by Crippen LogP contribution is 2.23. The summed E-state index contributed by atoms with van der Waals surface area (Å²) in [5, 5.41) is 2.81. The van der Waals surface area contributed by atoms with Crippen molar-refractivity contribution in [3.8, 4) is 0 Å². The zero-order chi connectivity index (χ0) is 15.8. The Hall–Kier alpha value is -3.28. The number of rotatable bonds is 2. The molecule has 1 aliphatic rings. The van der Waals surface area contributed by atoms with Gasteiger partial charge in [0.2, 0.25) is 0 Å². The van der Waals surface area contributed by atoms with Gasteiger partial charge < -0.3 is 10.1 Å². The van der Waals surface area contributed by atoms with E-state index in [0.29, 0.717) is 22.3 Å². The lowest BCUT2D eigenvalue weighted by molar-refractivity contribution is 0.0535. The molecule has 0 saturated carbocycles. The maximum absolute atomic E-state index is 12.4. The fourth-order valence-corrected chi connectivity index (χ4v) is 2.52. The summed E-state index contributed by atoms with van der Waals surface area (Å²) in [5.74, 6) is -0.575. The van der Waals surface area contributed by atoms with Crippen molar-refractivity contribution in [3.05, 3.63) is 65.5 Å². The Labute approximate surface area is 131 Å². The van der Waals surface area contributed by atoms with E-state index in [9.17, 15) is 9.59 Å². The number of anilines is 1. The van der Waals surface area contributed by atoms with Gasteiger partial charge in [0.15, 0.2) is 0 Å². The van der Waals surface area contributed by atoms with E-state index >= 15 is 0 Å². The smallest absolute Gasteiger partial charge is 0.338 e. The third-order valence-electron chi connectivity index (χ3n) is 3.67. The highest BCUT2D eigenvalue weighted by Gasteiger charge is 2.21. The van der Waals surface area contributed by atoms with Crippen LogP contribution in [0.2, 0.25) is 0 Å². The number of carbonyl (C=O) groups excluding carboxylic acids is 2. The second-order valence-corrected chi connectivity index (χ2v) is 5.16. The summed E-state index contributed by atoms with van der Waals surface area (Å²) >= 11 is 0. The van der Waals surface area contributed by atoms with Gasteiger partial charge in [-0.2, -0.15) is 0 Å². The van der Waals surface area contributed by atoms with Crippen molar-refractivity contribution in [1.29, 1.82) is 0 Å². The molecule has 112 valence electrons. The lowest BCUT2D eigenvalue weighted by Gasteiger charge is -2.07. The minimum Gasteiger partial charge on any atom is -0.457 e. The Bertz CT molecular complexity index is 953. The molecule has 1 N–H and O–H groups in total. The Balaban J connectivity index is 1.60. The number of hydrogen-bond donors (Lipinski definition) is 1. The summed E-state index contributed by atoms with van der Waals surface area (Å²) in [6, 6.07) is 10.2. The molecule has 0 bridgehead atoms. The molecule has 0 unspecified atom stereocenters. The zero-order valence-electron chi connectivity index (χ0n) is 11.9. The second kappa shape index (κ2) is 5.17. The molecule has 1 aromatic heterocycles. The first-order valence-corrected chi connectivity index (χ1v) is 7.03. The molecule has 3 aromatic rings. The van der Waals surface area contributed by atoms with Crippen molar-refractivity contribution in [2.45, 2.75) is 6.61 Å². The highest BCUT2D eigenvalue weighted by atomic mass is 16.5. The summed E-state index contributed by atoms with van der Waals surface area (Å²) in [5.41, 5.74) is 3.82. The van der Waals surface area contributed by atoms with Crippen molar-refractivity contribution in [2.24, 2.45) is 0 Å². The molecule has 0 fully saturated rings. The number of benzene rings is 2. The number of nitrogens with zero attached hydrogens (tertiary/aromatic N) is 2. The lowest BCUT2D eigenvalue weighted by atomic mass is 10.1. The Morgan fingerprint density at radius 3 is 2.74 bits per heavy atom. The Kier molecular flexibility index (Phi) is 3.01. The minimum atomic E-state index is -0.328. The van der Waals surface area contributed by atoms with Gasteiger partial charge in [-0.15, -0.1) is 0 Å². The van der Waals surface area contributed by atoms with E-state index in [4.69, 9.17) is 4.74 Å². The number of aromatic nitrogens is 2. The Morgan fingerprint density at radius 1 is 1.04 bits per heavy atom. The largest absolute Gasteiger partial charge is 0.457 e.